The molecule has 16 nitrogen and oxygen atoms in total. The van der Waals surface area contributed by atoms with Crippen molar-refractivity contribution in [3.05, 3.63) is 152 Å². The number of carbonyl (C=O) groups excluding carboxylic acids is 2. The van der Waals surface area contributed by atoms with Crippen LogP contribution >= 0.6 is 11.6 Å². The molecule has 0 radical (unpaired) electrons. The molecule has 0 amide bonds. The Labute approximate surface area is 397 Å². The van der Waals surface area contributed by atoms with Gasteiger partial charge in [0.25, 0.3) is 11.1 Å². The van der Waals surface area contributed by atoms with Crippen molar-refractivity contribution >= 4 is 44.6 Å². The average Bonchev–Trinajstić information content (AvgIpc) is 4.13. The van der Waals surface area contributed by atoms with Crippen LogP contribution < -0.4 is 20.6 Å². The van der Waals surface area contributed by atoms with Crippen molar-refractivity contribution in [2.75, 3.05) is 26.4 Å². The molecule has 4 aliphatic rings. The molecule has 8 atom stereocenters. The van der Waals surface area contributed by atoms with Crippen LogP contribution in [-0.2, 0) is 46.4 Å². The number of fused-ring (bicyclic) bond motifs is 4. The van der Waals surface area contributed by atoms with Crippen LogP contribution in [0.15, 0.2) is 107 Å². The molecule has 1 N–H and O–H groups in total. The Morgan fingerprint density at radius 2 is 1.01 bits per heavy atom. The predicted octanol–water partition coefficient (Wildman–Crippen LogP) is 5.28. The lowest BCUT2D eigenvalue weighted by Crippen LogP contribution is -2.36. The fraction of sp³-hybridized carbons (Fsp3) is 0.320. The highest BCUT2D eigenvalue weighted by Crippen LogP contribution is 2.36. The van der Waals surface area contributed by atoms with E-state index in [1.807, 2.05) is 12.1 Å². The van der Waals surface area contributed by atoms with Crippen LogP contribution in [0.3, 0.4) is 0 Å². The molecular weight excluding hydrogens is 922 g/mol. The fourth-order valence-electron chi connectivity index (χ4n) is 8.75. The average molecular weight is 965 g/mol. The Bertz CT molecular complexity index is 3100. The number of halogens is 3. The molecule has 356 valence electrons. The van der Waals surface area contributed by atoms with Crippen molar-refractivity contribution in [3.8, 4) is 23.6 Å². The lowest BCUT2D eigenvalue weighted by Gasteiger charge is -2.21. The van der Waals surface area contributed by atoms with Crippen LogP contribution in [0.2, 0.25) is 0 Å². The minimum atomic E-state index is -0.727. The van der Waals surface area contributed by atoms with E-state index in [0.29, 0.717) is 27.4 Å². The molecule has 2 unspecified atom stereocenters. The van der Waals surface area contributed by atoms with Crippen LogP contribution in [-0.4, -0.2) is 101 Å². The van der Waals surface area contributed by atoms with Gasteiger partial charge in [-0.1, -0.05) is 48.5 Å². The summed E-state index contributed by atoms with van der Waals surface area (Å²) in [6.45, 7) is 3.64. The highest BCUT2D eigenvalue weighted by atomic mass is 35.5. The van der Waals surface area contributed by atoms with Gasteiger partial charge in [-0.15, -0.1) is 0 Å². The molecule has 0 aliphatic carbocycles. The number of hydrogen-bond donors (Lipinski definition) is 1. The molecule has 0 saturated carbocycles. The maximum absolute atomic E-state index is 13.3. The Balaban J connectivity index is 0.000000173. The second-order valence-electron chi connectivity index (χ2n) is 16.4. The lowest BCUT2D eigenvalue weighted by atomic mass is 10.1. The zero-order valence-corrected chi connectivity index (χ0v) is 37.7. The van der Waals surface area contributed by atoms with E-state index in [0.717, 1.165) is 5.56 Å². The first kappa shape index (κ1) is 48.4. The summed E-state index contributed by atoms with van der Waals surface area (Å²) < 4.78 is 69.9. The van der Waals surface area contributed by atoms with Crippen LogP contribution in [0.25, 0.3) is 21.8 Å². The number of aliphatic hydroxyl groups is 1. The van der Waals surface area contributed by atoms with Crippen molar-refractivity contribution in [1.82, 2.24) is 9.13 Å². The SMILES string of the molecule is CC(=O)Cl.CC(=O)O[C@H]1CO[C@@H]2C(Oc3c(C#N)c(=O)n(Cc4ccc(F)cc4)c4ccccc34)CO[C@H]12.N#Cc1c(OC2CO[C@H]3[C@@H]2OC[C@@H]3O)c2ccccc2n(Cc2ccc(F)cc2)c1=O. The number of ether oxygens (including phenoxy) is 7. The van der Waals surface area contributed by atoms with Gasteiger partial charge in [-0.25, -0.2) is 8.78 Å². The smallest absolute Gasteiger partial charge is 0.303 e. The van der Waals surface area contributed by atoms with Crippen LogP contribution in [0.5, 0.6) is 11.5 Å². The van der Waals surface area contributed by atoms with E-state index in [4.69, 9.17) is 33.2 Å². The third-order valence-corrected chi connectivity index (χ3v) is 11.8. The number of aliphatic hydroxyl groups excluding tert-OH is 1. The molecule has 10 rings (SSSR count). The molecule has 69 heavy (non-hydrogen) atoms. The number of para-hydroxylation sites is 2. The normalized spacial score (nSPS) is 23.1. The first-order valence-electron chi connectivity index (χ1n) is 21.7. The Morgan fingerprint density at radius 1 is 0.638 bits per heavy atom. The highest BCUT2D eigenvalue weighted by Gasteiger charge is 2.51. The molecular formula is C50H43ClF2N4O12. The molecule has 4 aliphatic heterocycles. The summed E-state index contributed by atoms with van der Waals surface area (Å²) in [5.41, 5.74) is 1.34. The summed E-state index contributed by atoms with van der Waals surface area (Å²) in [7, 11) is 0. The summed E-state index contributed by atoms with van der Waals surface area (Å²) in [5.74, 6) is -0.821. The molecule has 4 aromatic carbocycles. The number of pyridine rings is 2. The monoisotopic (exact) mass is 964 g/mol. The number of rotatable bonds is 9. The van der Waals surface area contributed by atoms with Gasteiger partial charge in [0.15, 0.2) is 40.9 Å². The van der Waals surface area contributed by atoms with Gasteiger partial charge in [0.05, 0.1) is 50.6 Å². The zero-order chi connectivity index (χ0) is 48.9. The standard InChI is InChI=1S/C25H21FN2O6.C23H19FN2O5.C2H3ClO/c1-14(29)33-20-12-31-24-21(13-32-23(20)24)34-22-17-4-2-3-5-19(17)28(25(30)18(22)10-27)11-15-6-8-16(26)9-7-15;24-14-7-5-13(6-8-14)10-26-17-4-2-1-3-15(17)20(16(9-25)23(26)28)31-19-12-30-21-18(27)11-29-22(19)21;1-2(3)4/h2-9,20-21,23-24H,11-13H2,1H3;1-8,18-19,21-22,27H,10-12H2;1H3/t20-,21?,23+,24+;18-,19?,21+,22+;/m00./s1. The largest absolute Gasteiger partial charge is 0.483 e. The highest BCUT2D eigenvalue weighted by molar-refractivity contribution is 6.62. The molecule has 19 heteroatoms. The number of esters is 1. The van der Waals surface area contributed by atoms with Crippen LogP contribution in [0.1, 0.15) is 36.1 Å². The van der Waals surface area contributed by atoms with E-state index in [2.05, 4.69) is 11.6 Å². The van der Waals surface area contributed by atoms with Gasteiger partial charge in [-0.2, -0.15) is 10.5 Å². The number of benzene rings is 4. The number of aromatic nitrogens is 2. The summed E-state index contributed by atoms with van der Waals surface area (Å²) in [6.07, 6.45) is -4.34. The number of carbonyl (C=O) groups is 2. The van der Waals surface area contributed by atoms with Crippen molar-refractivity contribution < 1.29 is 56.6 Å². The van der Waals surface area contributed by atoms with Crippen molar-refractivity contribution in [2.24, 2.45) is 0 Å². The first-order valence-corrected chi connectivity index (χ1v) is 22.0. The van der Waals surface area contributed by atoms with Crippen molar-refractivity contribution in [2.45, 2.75) is 75.8 Å². The predicted molar refractivity (Wildman–Crippen MR) is 243 cm³/mol. The molecule has 4 saturated heterocycles. The second-order valence-corrected chi connectivity index (χ2v) is 16.9. The van der Waals surface area contributed by atoms with Gasteiger partial charge in [-0.3, -0.25) is 19.2 Å². The molecule has 6 aromatic rings. The summed E-state index contributed by atoms with van der Waals surface area (Å²) in [6, 6.07) is 30.0. The van der Waals surface area contributed by atoms with E-state index >= 15 is 0 Å². The Morgan fingerprint density at radius 3 is 1.45 bits per heavy atom. The zero-order valence-electron chi connectivity index (χ0n) is 37.0. The first-order chi connectivity index (χ1) is 33.3. The summed E-state index contributed by atoms with van der Waals surface area (Å²) in [4.78, 5) is 47.2. The summed E-state index contributed by atoms with van der Waals surface area (Å²) in [5, 5.41) is 30.4. The molecule has 6 heterocycles. The lowest BCUT2D eigenvalue weighted by molar-refractivity contribution is -0.151. The van der Waals surface area contributed by atoms with E-state index in [1.165, 1.54) is 47.2 Å². The number of nitrogens with zero attached hydrogens (tertiary/aromatic N) is 4. The maximum atomic E-state index is 13.3. The number of hydrogen-bond acceptors (Lipinski definition) is 14. The topological polar surface area (TPSA) is 211 Å². The Hall–Kier alpha value is -7.03. The summed E-state index contributed by atoms with van der Waals surface area (Å²) >= 11 is 4.64. The molecule has 4 fully saturated rings. The van der Waals surface area contributed by atoms with Gasteiger partial charge in [0.1, 0.15) is 54.3 Å². The van der Waals surface area contributed by atoms with Crippen LogP contribution in [0, 0.1) is 34.3 Å². The van der Waals surface area contributed by atoms with Crippen molar-refractivity contribution in [3.63, 3.8) is 0 Å². The quantitative estimate of drug-likeness (QED) is 0.145. The third-order valence-electron chi connectivity index (χ3n) is 11.8. The van der Waals surface area contributed by atoms with Gasteiger partial charge in [0, 0.05) is 24.6 Å². The second kappa shape index (κ2) is 21.1. The van der Waals surface area contributed by atoms with Gasteiger partial charge in [-0.05, 0) is 71.3 Å². The molecule has 0 bridgehead atoms. The van der Waals surface area contributed by atoms with Gasteiger partial charge in [0.2, 0.25) is 5.24 Å². The van der Waals surface area contributed by atoms with Gasteiger partial charge < -0.3 is 47.4 Å². The van der Waals surface area contributed by atoms with Crippen molar-refractivity contribution in [1.29, 1.82) is 10.5 Å². The number of nitriles is 2. The van der Waals surface area contributed by atoms with Crippen LogP contribution in [0.4, 0.5) is 8.78 Å². The molecule has 2 aromatic heterocycles. The van der Waals surface area contributed by atoms with E-state index in [1.54, 1.807) is 72.8 Å². The minimum Gasteiger partial charge on any atom is -0.483 e. The minimum absolute atomic E-state index is 0.122. The fourth-order valence-corrected chi connectivity index (χ4v) is 8.75. The van der Waals surface area contributed by atoms with E-state index in [-0.39, 0.29) is 79.0 Å². The van der Waals surface area contributed by atoms with E-state index < -0.39 is 65.9 Å². The third kappa shape index (κ3) is 10.4. The maximum Gasteiger partial charge on any atom is 0.303 e. The molecule has 0 spiro atoms. The Kier molecular flexibility index (Phi) is 14.8. The van der Waals surface area contributed by atoms with Gasteiger partial charge >= 0.3 is 5.97 Å². The van der Waals surface area contributed by atoms with E-state index in [9.17, 15) is 43.6 Å².